The van der Waals surface area contributed by atoms with Gasteiger partial charge < -0.3 is 4.90 Å². The maximum atomic E-state index is 14.7. The Bertz CT molecular complexity index is 911. The first-order chi connectivity index (χ1) is 11.0. The molecule has 1 aliphatic heterocycles. The molecular weight excluding hydrogens is 297 g/mol. The second-order valence-electron chi connectivity index (χ2n) is 6.93. The highest BCUT2D eigenvalue weighted by atomic mass is 19.1. The zero-order valence-electron chi connectivity index (χ0n) is 13.4. The maximum absolute atomic E-state index is 14.7. The van der Waals surface area contributed by atoms with Gasteiger partial charge in [0, 0.05) is 24.7 Å². The molecule has 0 bridgehead atoms. The Labute approximate surface area is 132 Å². The van der Waals surface area contributed by atoms with E-state index >= 15 is 0 Å². The highest BCUT2D eigenvalue weighted by Gasteiger charge is 2.30. The number of aromatic amines is 1. The van der Waals surface area contributed by atoms with E-state index in [1.165, 1.54) is 6.07 Å². The van der Waals surface area contributed by atoms with Crippen LogP contribution in [-0.4, -0.2) is 22.6 Å². The number of nitrogens with zero attached hydrogens (tertiary/aromatic N) is 2. The number of nitrogens with one attached hydrogen (secondary N) is 1. The molecule has 1 aliphatic carbocycles. The normalized spacial score (nSPS) is 21.3. The lowest BCUT2D eigenvalue weighted by Crippen LogP contribution is -2.31. The molecule has 1 aromatic carbocycles. The zero-order valence-corrected chi connectivity index (χ0v) is 13.4. The Morgan fingerprint density at radius 1 is 1.26 bits per heavy atom. The van der Waals surface area contributed by atoms with Gasteiger partial charge in [-0.25, -0.2) is 9.18 Å². The van der Waals surface area contributed by atoms with Gasteiger partial charge in [0.15, 0.2) is 0 Å². The Hall–Kier alpha value is -2.11. The van der Waals surface area contributed by atoms with Crippen molar-refractivity contribution in [3.8, 4) is 0 Å². The van der Waals surface area contributed by atoms with Crippen LogP contribution in [0.3, 0.4) is 0 Å². The van der Waals surface area contributed by atoms with Crippen molar-refractivity contribution in [2.75, 3.05) is 18.0 Å². The van der Waals surface area contributed by atoms with Crippen LogP contribution in [0.15, 0.2) is 15.7 Å². The molecule has 1 saturated carbocycles. The van der Waals surface area contributed by atoms with E-state index in [1.807, 2.05) is 11.8 Å². The van der Waals surface area contributed by atoms with E-state index in [0.717, 1.165) is 32.4 Å². The molecule has 1 saturated heterocycles. The second-order valence-corrected chi connectivity index (χ2v) is 6.93. The fraction of sp³-hybridized carbons (Fsp3) is 0.529. The lowest BCUT2D eigenvalue weighted by atomic mass is 10.1. The van der Waals surface area contributed by atoms with Crippen LogP contribution >= 0.6 is 0 Å². The molecule has 5 nitrogen and oxygen atoms in total. The molecular formula is C17H20FN3O2. The topological polar surface area (TPSA) is 58.1 Å². The van der Waals surface area contributed by atoms with E-state index in [1.54, 1.807) is 4.57 Å². The highest BCUT2D eigenvalue weighted by molar-refractivity contribution is 5.87. The van der Waals surface area contributed by atoms with E-state index in [0.29, 0.717) is 22.7 Å². The summed E-state index contributed by atoms with van der Waals surface area (Å²) in [5, 5.41) is 0.266. The lowest BCUT2D eigenvalue weighted by Gasteiger charge is -2.23. The van der Waals surface area contributed by atoms with Crippen LogP contribution in [0, 0.1) is 18.7 Å². The minimum absolute atomic E-state index is 0.122. The van der Waals surface area contributed by atoms with Crippen molar-refractivity contribution in [1.29, 1.82) is 0 Å². The summed E-state index contributed by atoms with van der Waals surface area (Å²) in [6.07, 6.45) is 2.88. The summed E-state index contributed by atoms with van der Waals surface area (Å²) in [5.74, 6) is 0.143. The first-order valence-electron chi connectivity index (χ1n) is 8.20. The number of fused-ring (bicyclic) bond motifs is 1. The molecule has 2 heterocycles. The van der Waals surface area contributed by atoms with Gasteiger partial charge in [0.05, 0.1) is 16.6 Å². The quantitative estimate of drug-likeness (QED) is 0.925. The van der Waals surface area contributed by atoms with Crippen molar-refractivity contribution < 1.29 is 4.39 Å². The van der Waals surface area contributed by atoms with Crippen LogP contribution in [0.25, 0.3) is 10.9 Å². The number of benzene rings is 1. The largest absolute Gasteiger partial charge is 0.369 e. The van der Waals surface area contributed by atoms with Crippen molar-refractivity contribution in [3.05, 3.63) is 38.3 Å². The van der Waals surface area contributed by atoms with Gasteiger partial charge in [0.2, 0.25) is 0 Å². The van der Waals surface area contributed by atoms with Crippen LogP contribution in [0.5, 0.6) is 0 Å². The van der Waals surface area contributed by atoms with E-state index < -0.39 is 5.56 Å². The smallest absolute Gasteiger partial charge is 0.329 e. The number of hydrogen-bond donors (Lipinski definition) is 1. The van der Waals surface area contributed by atoms with E-state index in [-0.39, 0.29) is 22.9 Å². The standard InChI is InChI=1S/C17H20FN3O2/c1-9-5-6-20(8-9)15-10(2)14-12(7-13(15)18)16(22)19-17(23)21(14)11-3-4-11/h7,9,11H,3-6,8H2,1-2H3,(H,19,22,23). The van der Waals surface area contributed by atoms with Crippen LogP contribution < -0.4 is 16.1 Å². The minimum Gasteiger partial charge on any atom is -0.369 e. The first kappa shape index (κ1) is 14.5. The average molecular weight is 317 g/mol. The van der Waals surface area contributed by atoms with Crippen molar-refractivity contribution in [3.63, 3.8) is 0 Å². The van der Waals surface area contributed by atoms with E-state index in [2.05, 4.69) is 11.9 Å². The number of aromatic nitrogens is 2. The fourth-order valence-corrected chi connectivity index (χ4v) is 3.77. The molecule has 2 aliphatic rings. The number of halogens is 1. The van der Waals surface area contributed by atoms with Gasteiger partial charge in [-0.15, -0.1) is 0 Å². The van der Waals surface area contributed by atoms with E-state index in [4.69, 9.17) is 0 Å². The van der Waals surface area contributed by atoms with Gasteiger partial charge in [0.25, 0.3) is 5.56 Å². The third-order valence-corrected chi connectivity index (χ3v) is 5.04. The molecule has 0 radical (unpaired) electrons. The molecule has 1 N–H and O–H groups in total. The van der Waals surface area contributed by atoms with Crippen LogP contribution in [0.4, 0.5) is 10.1 Å². The predicted octanol–water partition coefficient (Wildman–Crippen LogP) is 2.32. The fourth-order valence-electron chi connectivity index (χ4n) is 3.77. The summed E-state index contributed by atoms with van der Waals surface area (Å²) in [6.45, 7) is 5.59. The highest BCUT2D eigenvalue weighted by Crippen LogP contribution is 2.39. The van der Waals surface area contributed by atoms with Crippen LogP contribution in [-0.2, 0) is 0 Å². The molecule has 1 unspecified atom stereocenters. The molecule has 6 heteroatoms. The molecule has 2 aromatic rings. The molecule has 0 amide bonds. The number of rotatable bonds is 2. The molecule has 4 rings (SSSR count). The molecule has 23 heavy (non-hydrogen) atoms. The Kier molecular flexibility index (Phi) is 3.11. The Morgan fingerprint density at radius 3 is 2.61 bits per heavy atom. The second kappa shape index (κ2) is 4.94. The molecule has 0 spiro atoms. The summed E-state index contributed by atoms with van der Waals surface area (Å²) < 4.78 is 16.4. The van der Waals surface area contributed by atoms with E-state index in [9.17, 15) is 14.0 Å². The Balaban J connectivity index is 2.04. The van der Waals surface area contributed by atoms with Gasteiger partial charge in [-0.3, -0.25) is 14.3 Å². The third kappa shape index (κ3) is 2.19. The number of aryl methyl sites for hydroxylation is 1. The molecule has 1 atom stereocenters. The van der Waals surface area contributed by atoms with Crippen LogP contribution in [0.1, 0.15) is 37.8 Å². The molecule has 122 valence electrons. The van der Waals surface area contributed by atoms with Gasteiger partial charge in [0.1, 0.15) is 5.82 Å². The summed E-state index contributed by atoms with van der Waals surface area (Å²) in [7, 11) is 0. The Morgan fingerprint density at radius 2 is 2.00 bits per heavy atom. The number of anilines is 1. The molecule has 1 aromatic heterocycles. The summed E-state index contributed by atoms with van der Waals surface area (Å²) in [4.78, 5) is 28.8. The van der Waals surface area contributed by atoms with Gasteiger partial charge in [-0.2, -0.15) is 0 Å². The van der Waals surface area contributed by atoms with Gasteiger partial charge >= 0.3 is 5.69 Å². The predicted molar refractivity (Wildman–Crippen MR) is 87.8 cm³/mol. The SMILES string of the molecule is Cc1c(N2CCC(C)C2)c(F)cc2c(=O)[nH]c(=O)n(C3CC3)c12. The average Bonchev–Trinajstić information content (AvgIpc) is 3.23. The van der Waals surface area contributed by atoms with Gasteiger partial charge in [-0.1, -0.05) is 6.92 Å². The lowest BCUT2D eigenvalue weighted by molar-refractivity contribution is 0.618. The summed E-state index contributed by atoms with van der Waals surface area (Å²) in [5.41, 5.74) is 0.938. The van der Waals surface area contributed by atoms with Crippen molar-refractivity contribution >= 4 is 16.6 Å². The van der Waals surface area contributed by atoms with Gasteiger partial charge in [-0.05, 0) is 38.2 Å². The van der Waals surface area contributed by atoms with Crippen LogP contribution in [0.2, 0.25) is 0 Å². The monoisotopic (exact) mass is 317 g/mol. The van der Waals surface area contributed by atoms with Crippen molar-refractivity contribution in [2.24, 2.45) is 5.92 Å². The molecule has 2 fully saturated rings. The maximum Gasteiger partial charge on any atom is 0.329 e. The van der Waals surface area contributed by atoms with Crippen molar-refractivity contribution in [1.82, 2.24) is 9.55 Å². The summed E-state index contributed by atoms with van der Waals surface area (Å²) in [6, 6.07) is 1.41. The first-order valence-corrected chi connectivity index (χ1v) is 8.20. The summed E-state index contributed by atoms with van der Waals surface area (Å²) >= 11 is 0. The zero-order chi connectivity index (χ0) is 16.3. The number of H-pyrrole nitrogens is 1. The number of hydrogen-bond acceptors (Lipinski definition) is 3. The third-order valence-electron chi connectivity index (χ3n) is 5.04. The minimum atomic E-state index is -0.509. The van der Waals surface area contributed by atoms with Crippen molar-refractivity contribution in [2.45, 2.75) is 39.2 Å².